The molecule has 1 aliphatic carbocycles. The molecule has 29 heavy (non-hydrogen) atoms. The second-order valence-corrected chi connectivity index (χ2v) is 8.71. The number of rotatable bonds is 4. The van der Waals surface area contributed by atoms with Gasteiger partial charge in [-0.2, -0.15) is 0 Å². The van der Waals surface area contributed by atoms with Crippen LogP contribution in [-0.2, 0) is 19.4 Å². The van der Waals surface area contributed by atoms with Gasteiger partial charge in [-0.1, -0.05) is 12.1 Å². The molecule has 3 aromatic heterocycles. The van der Waals surface area contributed by atoms with Crippen LogP contribution in [0.2, 0.25) is 0 Å². The topological polar surface area (TPSA) is 44.1 Å². The molecule has 5 heteroatoms. The maximum Gasteiger partial charge on any atom is 0.258 e. The first-order chi connectivity index (χ1) is 14.2. The van der Waals surface area contributed by atoms with Crippen LogP contribution in [0.15, 0.2) is 59.7 Å². The number of hydrogen-bond acceptors (Lipinski definition) is 4. The van der Waals surface area contributed by atoms with Gasteiger partial charge >= 0.3 is 0 Å². The lowest BCUT2D eigenvalue weighted by Crippen LogP contribution is -2.16. The number of fused-ring (bicyclic) bond motifs is 3. The highest BCUT2D eigenvalue weighted by Gasteiger charge is 2.16. The molecule has 0 N–H and O–H groups in total. The summed E-state index contributed by atoms with van der Waals surface area (Å²) >= 11 is 1.88. The Morgan fingerprint density at radius 1 is 1.10 bits per heavy atom. The van der Waals surface area contributed by atoms with E-state index in [1.54, 1.807) is 10.8 Å². The predicted molar refractivity (Wildman–Crippen MR) is 117 cm³/mol. The predicted octanol–water partition coefficient (Wildman–Crippen LogP) is 5.21. The molecular formula is C24H22N2O2S. The molecule has 0 spiro atoms. The van der Waals surface area contributed by atoms with Crippen molar-refractivity contribution < 1.29 is 4.74 Å². The Morgan fingerprint density at radius 3 is 2.83 bits per heavy atom. The van der Waals surface area contributed by atoms with Gasteiger partial charge in [0.2, 0.25) is 0 Å². The summed E-state index contributed by atoms with van der Waals surface area (Å²) in [6.07, 6.45) is 8.53. The summed E-state index contributed by atoms with van der Waals surface area (Å²) in [5, 5.41) is 1.35. The van der Waals surface area contributed by atoms with Gasteiger partial charge in [0.15, 0.2) is 0 Å². The van der Waals surface area contributed by atoms with Crippen LogP contribution >= 0.6 is 11.3 Å². The van der Waals surface area contributed by atoms with Gasteiger partial charge in [0.05, 0.1) is 11.4 Å². The first-order valence-electron chi connectivity index (χ1n) is 9.99. The summed E-state index contributed by atoms with van der Waals surface area (Å²) in [7, 11) is 0. The van der Waals surface area contributed by atoms with Crippen molar-refractivity contribution in [3.8, 4) is 11.4 Å². The molecule has 0 unspecified atom stereocenters. The van der Waals surface area contributed by atoms with Crippen LogP contribution < -0.4 is 10.3 Å². The first-order valence-corrected chi connectivity index (χ1v) is 10.8. The molecule has 5 rings (SSSR count). The van der Waals surface area contributed by atoms with Gasteiger partial charge < -0.3 is 4.74 Å². The molecule has 146 valence electrons. The number of aryl methyl sites for hydroxylation is 3. The molecule has 4 nitrogen and oxygen atoms in total. The van der Waals surface area contributed by atoms with Crippen LogP contribution in [0.4, 0.5) is 0 Å². The number of nitrogens with zero attached hydrogens (tertiary/aromatic N) is 2. The number of benzene rings is 1. The third kappa shape index (κ3) is 3.58. The average molecular weight is 403 g/mol. The minimum Gasteiger partial charge on any atom is -0.487 e. The fourth-order valence-corrected chi connectivity index (χ4v) is 5.24. The van der Waals surface area contributed by atoms with Crippen LogP contribution in [0.1, 0.15) is 34.5 Å². The van der Waals surface area contributed by atoms with Crippen LogP contribution in [0, 0.1) is 6.92 Å². The number of aromatic nitrogens is 2. The van der Waals surface area contributed by atoms with Gasteiger partial charge in [0, 0.05) is 28.0 Å². The molecule has 0 fully saturated rings. The van der Waals surface area contributed by atoms with Crippen LogP contribution in [0.3, 0.4) is 0 Å². The molecule has 0 amide bonds. The van der Waals surface area contributed by atoms with E-state index in [1.807, 2.05) is 48.7 Å². The van der Waals surface area contributed by atoms with Crippen molar-refractivity contribution >= 4 is 21.4 Å². The van der Waals surface area contributed by atoms with Crippen molar-refractivity contribution in [2.45, 2.75) is 39.2 Å². The summed E-state index contributed by atoms with van der Waals surface area (Å²) in [4.78, 5) is 18.5. The highest BCUT2D eigenvalue weighted by Crippen LogP contribution is 2.37. The van der Waals surface area contributed by atoms with Gasteiger partial charge in [0.25, 0.3) is 5.56 Å². The Hall–Kier alpha value is -2.92. The Bertz CT molecular complexity index is 1240. The SMILES string of the molecule is Cc1ccc(COc2ccn(-c3ccc4c5c(sc4c3)CCCC5)c(=O)c2)nc1. The Labute approximate surface area is 173 Å². The van der Waals surface area contributed by atoms with Crippen molar-refractivity contribution in [2.24, 2.45) is 0 Å². The molecule has 0 saturated heterocycles. The van der Waals surface area contributed by atoms with E-state index in [0.717, 1.165) is 16.9 Å². The third-order valence-corrected chi connectivity index (χ3v) is 6.72. The lowest BCUT2D eigenvalue weighted by molar-refractivity contribution is 0.300. The molecular weight excluding hydrogens is 380 g/mol. The number of hydrogen-bond donors (Lipinski definition) is 0. The van der Waals surface area contributed by atoms with Gasteiger partial charge in [-0.15, -0.1) is 11.3 Å². The van der Waals surface area contributed by atoms with Crippen LogP contribution in [0.25, 0.3) is 15.8 Å². The van der Waals surface area contributed by atoms with Gasteiger partial charge in [-0.3, -0.25) is 14.3 Å². The van der Waals surface area contributed by atoms with E-state index in [2.05, 4.69) is 17.1 Å². The Morgan fingerprint density at radius 2 is 2.00 bits per heavy atom. The number of ether oxygens (including phenoxy) is 1. The Balaban J connectivity index is 1.39. The van der Waals surface area contributed by atoms with E-state index >= 15 is 0 Å². The second-order valence-electron chi connectivity index (χ2n) is 7.58. The summed E-state index contributed by atoms with van der Waals surface area (Å²) < 4.78 is 8.70. The van der Waals surface area contributed by atoms with E-state index in [9.17, 15) is 4.79 Å². The van der Waals surface area contributed by atoms with Crippen molar-refractivity contribution in [3.05, 3.63) is 86.9 Å². The van der Waals surface area contributed by atoms with E-state index in [0.29, 0.717) is 12.4 Å². The molecule has 0 saturated carbocycles. The minimum absolute atomic E-state index is 0.0972. The molecule has 0 aliphatic heterocycles. The molecule has 0 bridgehead atoms. The van der Waals surface area contributed by atoms with Crippen LogP contribution in [-0.4, -0.2) is 9.55 Å². The van der Waals surface area contributed by atoms with Crippen molar-refractivity contribution in [1.29, 1.82) is 0 Å². The lowest BCUT2D eigenvalue weighted by atomic mass is 9.96. The normalized spacial score (nSPS) is 13.4. The number of thiophene rings is 1. The average Bonchev–Trinajstić information content (AvgIpc) is 3.11. The zero-order valence-corrected chi connectivity index (χ0v) is 17.2. The molecule has 0 atom stereocenters. The first kappa shape index (κ1) is 18.1. The molecule has 0 radical (unpaired) electrons. The second kappa shape index (κ2) is 7.48. The highest BCUT2D eigenvalue weighted by molar-refractivity contribution is 7.19. The van der Waals surface area contributed by atoms with Gasteiger partial charge in [0.1, 0.15) is 12.4 Å². The van der Waals surface area contributed by atoms with E-state index < -0.39 is 0 Å². The maximum atomic E-state index is 12.7. The smallest absolute Gasteiger partial charge is 0.258 e. The molecule has 4 aromatic rings. The van der Waals surface area contributed by atoms with E-state index in [4.69, 9.17) is 4.74 Å². The van der Waals surface area contributed by atoms with Crippen LogP contribution in [0.5, 0.6) is 5.75 Å². The molecule has 1 aromatic carbocycles. The third-order valence-electron chi connectivity index (χ3n) is 5.47. The standard InChI is InChI=1S/C24H22N2O2S/c1-16-6-7-17(25-14-16)15-28-19-10-11-26(24(27)13-19)18-8-9-21-20-4-2-3-5-22(20)29-23(21)12-18/h6-14H,2-5,15H2,1H3. The summed E-state index contributed by atoms with van der Waals surface area (Å²) in [5.74, 6) is 0.557. The fourth-order valence-electron chi connectivity index (χ4n) is 3.91. The van der Waals surface area contributed by atoms with Crippen molar-refractivity contribution in [1.82, 2.24) is 9.55 Å². The minimum atomic E-state index is -0.0972. The lowest BCUT2D eigenvalue weighted by Gasteiger charge is -2.11. The zero-order valence-electron chi connectivity index (χ0n) is 16.4. The molecule has 3 heterocycles. The van der Waals surface area contributed by atoms with Gasteiger partial charge in [-0.25, -0.2) is 0 Å². The zero-order chi connectivity index (χ0) is 19.8. The summed E-state index contributed by atoms with van der Waals surface area (Å²) in [6.45, 7) is 2.34. The van der Waals surface area contributed by atoms with Crippen molar-refractivity contribution in [3.63, 3.8) is 0 Å². The van der Waals surface area contributed by atoms with E-state index in [1.165, 1.54) is 52.3 Å². The quantitative estimate of drug-likeness (QED) is 0.470. The Kier molecular flexibility index (Phi) is 4.68. The fraction of sp³-hybridized carbons (Fsp3) is 0.250. The van der Waals surface area contributed by atoms with Crippen molar-refractivity contribution in [2.75, 3.05) is 0 Å². The number of pyridine rings is 2. The monoisotopic (exact) mass is 402 g/mol. The maximum absolute atomic E-state index is 12.7. The summed E-state index contributed by atoms with van der Waals surface area (Å²) in [5.41, 5.74) is 4.27. The van der Waals surface area contributed by atoms with Gasteiger partial charge in [-0.05, 0) is 73.4 Å². The van der Waals surface area contributed by atoms with E-state index in [-0.39, 0.29) is 5.56 Å². The largest absolute Gasteiger partial charge is 0.487 e. The molecule has 1 aliphatic rings. The summed E-state index contributed by atoms with van der Waals surface area (Å²) in [6, 6.07) is 13.7. The highest BCUT2D eigenvalue weighted by atomic mass is 32.1.